The van der Waals surface area contributed by atoms with Gasteiger partial charge in [0.05, 0.1) is 11.1 Å². The summed E-state index contributed by atoms with van der Waals surface area (Å²) in [6.45, 7) is 0. The topological polar surface area (TPSA) is 16.4 Å². The summed E-state index contributed by atoms with van der Waals surface area (Å²) in [5, 5.41) is 7.07. The van der Waals surface area contributed by atoms with Crippen molar-refractivity contribution < 1.29 is 4.42 Å². The van der Waals surface area contributed by atoms with Crippen molar-refractivity contribution in [1.82, 2.24) is 0 Å². The predicted octanol–water partition coefficient (Wildman–Crippen LogP) is 16.0. The molecule has 0 N–H and O–H groups in total. The quantitative estimate of drug-likeness (QED) is 0.151. The third-order valence-corrected chi connectivity index (χ3v) is 11.5. The fraction of sp³-hybridized carbons (Fsp3) is 0. The molecular formula is C56H37NO. The average Bonchev–Trinajstić information content (AvgIpc) is 3.70. The standard InChI is InChI=1S/C56H37NO/c1-4-14-38(15-5-1)44-29-33-48(51(36-44)40-18-8-3-9-19-40)42-26-30-45(31-27-42)57(46-32-28-43-25-24-41-20-10-11-21-47(41)52(43)37-46)53-35-34-49(39-16-6-2-7-17-39)56-55(53)50-22-12-13-23-54(50)58-56/h1-37H. The third-order valence-electron chi connectivity index (χ3n) is 11.5. The van der Waals surface area contributed by atoms with Gasteiger partial charge in [-0.05, 0) is 109 Å². The number of rotatable bonds is 7. The van der Waals surface area contributed by atoms with Crippen LogP contribution in [0.4, 0.5) is 17.1 Å². The minimum absolute atomic E-state index is 0.870. The summed E-state index contributed by atoms with van der Waals surface area (Å²) in [5.41, 5.74) is 14.3. The molecule has 0 saturated carbocycles. The lowest BCUT2D eigenvalue weighted by atomic mass is 9.91. The highest BCUT2D eigenvalue weighted by atomic mass is 16.3. The van der Waals surface area contributed by atoms with Crippen molar-refractivity contribution in [3.05, 3.63) is 224 Å². The zero-order valence-electron chi connectivity index (χ0n) is 31.7. The van der Waals surface area contributed by atoms with E-state index in [0.29, 0.717) is 0 Å². The fourth-order valence-corrected chi connectivity index (χ4v) is 8.65. The molecule has 0 bridgehead atoms. The van der Waals surface area contributed by atoms with Gasteiger partial charge in [0.25, 0.3) is 0 Å². The highest BCUT2D eigenvalue weighted by molar-refractivity contribution is 6.17. The van der Waals surface area contributed by atoms with E-state index in [1.165, 1.54) is 49.4 Å². The van der Waals surface area contributed by atoms with Crippen molar-refractivity contribution in [2.24, 2.45) is 0 Å². The average molecular weight is 740 g/mol. The van der Waals surface area contributed by atoms with Gasteiger partial charge in [0.15, 0.2) is 0 Å². The SMILES string of the molecule is c1ccc(-c2ccc(-c3ccc(N(c4ccc5ccc6ccccc6c5c4)c4ccc(-c5ccccc5)c5oc6ccccc6c45)cc3)c(-c3ccccc3)c2)cc1. The molecule has 10 aromatic carbocycles. The van der Waals surface area contributed by atoms with Gasteiger partial charge in [-0.3, -0.25) is 0 Å². The molecule has 0 unspecified atom stereocenters. The van der Waals surface area contributed by atoms with Crippen molar-refractivity contribution in [2.75, 3.05) is 4.90 Å². The zero-order chi connectivity index (χ0) is 38.4. The van der Waals surface area contributed by atoms with Crippen LogP contribution in [0.1, 0.15) is 0 Å². The number of fused-ring (bicyclic) bond motifs is 6. The van der Waals surface area contributed by atoms with Crippen LogP contribution in [0.3, 0.4) is 0 Å². The normalized spacial score (nSPS) is 11.4. The minimum atomic E-state index is 0.870. The number of nitrogens with zero attached hydrogens (tertiary/aromatic N) is 1. The number of anilines is 3. The van der Waals surface area contributed by atoms with E-state index in [2.05, 4.69) is 223 Å². The van der Waals surface area contributed by atoms with E-state index in [0.717, 1.165) is 55.7 Å². The summed E-state index contributed by atoms with van der Waals surface area (Å²) in [6.07, 6.45) is 0. The monoisotopic (exact) mass is 739 g/mol. The van der Waals surface area contributed by atoms with Crippen molar-refractivity contribution in [3.63, 3.8) is 0 Å². The largest absolute Gasteiger partial charge is 0.455 e. The van der Waals surface area contributed by atoms with E-state index in [4.69, 9.17) is 4.42 Å². The van der Waals surface area contributed by atoms with E-state index in [1.54, 1.807) is 0 Å². The summed E-state index contributed by atoms with van der Waals surface area (Å²) >= 11 is 0. The molecule has 1 heterocycles. The van der Waals surface area contributed by atoms with Crippen LogP contribution in [0.25, 0.3) is 88.0 Å². The van der Waals surface area contributed by atoms with Crippen LogP contribution in [0, 0.1) is 0 Å². The van der Waals surface area contributed by atoms with Crippen LogP contribution in [0.15, 0.2) is 229 Å². The number of benzene rings is 10. The molecule has 1 aromatic heterocycles. The lowest BCUT2D eigenvalue weighted by Gasteiger charge is -2.27. The van der Waals surface area contributed by atoms with Gasteiger partial charge in [-0.15, -0.1) is 0 Å². The Morgan fingerprint density at radius 1 is 0.310 bits per heavy atom. The van der Waals surface area contributed by atoms with Gasteiger partial charge in [-0.2, -0.15) is 0 Å². The summed E-state index contributed by atoms with van der Waals surface area (Å²) in [4.78, 5) is 2.40. The molecule has 0 aliphatic carbocycles. The molecule has 58 heavy (non-hydrogen) atoms. The second kappa shape index (κ2) is 14.1. The Bertz CT molecular complexity index is 3260. The summed E-state index contributed by atoms with van der Waals surface area (Å²) in [5.74, 6) is 0. The molecule has 0 aliphatic heterocycles. The van der Waals surface area contributed by atoms with E-state index < -0.39 is 0 Å². The molecule has 0 radical (unpaired) electrons. The number of para-hydroxylation sites is 1. The lowest BCUT2D eigenvalue weighted by molar-refractivity contribution is 0.670. The summed E-state index contributed by atoms with van der Waals surface area (Å²) in [6, 6.07) is 80.6. The first-order valence-corrected chi connectivity index (χ1v) is 19.8. The zero-order valence-corrected chi connectivity index (χ0v) is 31.7. The van der Waals surface area contributed by atoms with Gasteiger partial charge >= 0.3 is 0 Å². The minimum Gasteiger partial charge on any atom is -0.455 e. The van der Waals surface area contributed by atoms with Gasteiger partial charge in [-0.25, -0.2) is 0 Å². The lowest BCUT2D eigenvalue weighted by Crippen LogP contribution is -2.10. The molecule has 0 amide bonds. The van der Waals surface area contributed by atoms with Gasteiger partial charge in [-0.1, -0.05) is 176 Å². The first-order valence-electron chi connectivity index (χ1n) is 19.8. The van der Waals surface area contributed by atoms with Crippen molar-refractivity contribution in [2.45, 2.75) is 0 Å². The number of furan rings is 1. The highest BCUT2D eigenvalue weighted by Crippen LogP contribution is 2.47. The maximum atomic E-state index is 6.78. The molecule has 2 nitrogen and oxygen atoms in total. The van der Waals surface area contributed by atoms with E-state index in [1.807, 2.05) is 6.07 Å². The Kier molecular flexibility index (Phi) is 8.19. The predicted molar refractivity (Wildman–Crippen MR) is 245 cm³/mol. The second-order valence-corrected chi connectivity index (χ2v) is 14.9. The highest BCUT2D eigenvalue weighted by Gasteiger charge is 2.23. The Morgan fingerprint density at radius 2 is 0.845 bits per heavy atom. The van der Waals surface area contributed by atoms with E-state index in [9.17, 15) is 0 Å². The molecule has 0 fully saturated rings. The summed E-state index contributed by atoms with van der Waals surface area (Å²) < 4.78 is 6.78. The van der Waals surface area contributed by atoms with Crippen LogP contribution < -0.4 is 4.90 Å². The van der Waals surface area contributed by atoms with Crippen molar-refractivity contribution >= 4 is 60.5 Å². The Balaban J connectivity index is 1.12. The molecule has 272 valence electrons. The number of hydrogen-bond donors (Lipinski definition) is 0. The molecule has 2 heteroatoms. The first-order chi connectivity index (χ1) is 28.8. The molecule has 0 spiro atoms. The Morgan fingerprint density at radius 3 is 1.59 bits per heavy atom. The van der Waals surface area contributed by atoms with Crippen molar-refractivity contribution in [1.29, 1.82) is 0 Å². The summed E-state index contributed by atoms with van der Waals surface area (Å²) in [7, 11) is 0. The maximum absolute atomic E-state index is 6.78. The van der Waals surface area contributed by atoms with Crippen LogP contribution in [0.2, 0.25) is 0 Å². The molecule has 11 aromatic rings. The van der Waals surface area contributed by atoms with E-state index >= 15 is 0 Å². The third kappa shape index (κ3) is 5.82. The first kappa shape index (κ1) is 33.6. The van der Waals surface area contributed by atoms with Gasteiger partial charge in [0.1, 0.15) is 11.2 Å². The second-order valence-electron chi connectivity index (χ2n) is 14.9. The molecule has 0 atom stereocenters. The Labute approximate surface area is 337 Å². The van der Waals surface area contributed by atoms with E-state index in [-0.39, 0.29) is 0 Å². The van der Waals surface area contributed by atoms with Crippen LogP contribution in [-0.2, 0) is 0 Å². The van der Waals surface area contributed by atoms with Gasteiger partial charge in [0, 0.05) is 22.3 Å². The van der Waals surface area contributed by atoms with Gasteiger partial charge < -0.3 is 9.32 Å². The smallest absolute Gasteiger partial charge is 0.145 e. The molecule has 0 aliphatic rings. The van der Waals surface area contributed by atoms with Crippen LogP contribution >= 0.6 is 0 Å². The van der Waals surface area contributed by atoms with Crippen LogP contribution in [0.5, 0.6) is 0 Å². The van der Waals surface area contributed by atoms with Crippen LogP contribution in [-0.4, -0.2) is 0 Å². The Hall–Kier alpha value is -7.68. The fourth-order valence-electron chi connectivity index (χ4n) is 8.65. The molecular weight excluding hydrogens is 703 g/mol. The molecule has 0 saturated heterocycles. The maximum Gasteiger partial charge on any atom is 0.145 e. The van der Waals surface area contributed by atoms with Crippen molar-refractivity contribution in [3.8, 4) is 44.5 Å². The van der Waals surface area contributed by atoms with Gasteiger partial charge in [0.2, 0.25) is 0 Å². The molecule has 11 rings (SSSR count). The number of hydrogen-bond acceptors (Lipinski definition) is 2.